The van der Waals surface area contributed by atoms with Crippen LogP contribution in [0.4, 0.5) is 10.1 Å². The molecular weight excluding hydrogens is 583 g/mol. The summed E-state index contributed by atoms with van der Waals surface area (Å²) in [7, 11) is 0. The molecule has 11 heteroatoms. The zero-order chi connectivity index (χ0) is 31.6. The molecule has 10 nitrogen and oxygen atoms in total. The van der Waals surface area contributed by atoms with Crippen molar-refractivity contribution in [2.75, 3.05) is 31.6 Å². The van der Waals surface area contributed by atoms with Gasteiger partial charge < -0.3 is 15.0 Å². The van der Waals surface area contributed by atoms with Crippen LogP contribution in [0.5, 0.6) is 5.75 Å². The molecule has 6 aromatic rings. The second-order valence-electron chi connectivity index (χ2n) is 12.1. The Kier molecular flexibility index (Phi) is 8.15. The lowest BCUT2D eigenvalue weighted by molar-refractivity contribution is -0.116. The first-order valence-corrected chi connectivity index (χ1v) is 15.6. The molecule has 7 rings (SSSR count). The fourth-order valence-corrected chi connectivity index (χ4v) is 5.99. The highest BCUT2D eigenvalue weighted by Crippen LogP contribution is 2.35. The Labute approximate surface area is 265 Å². The molecule has 1 saturated heterocycles. The molecule has 5 aromatic heterocycles. The Bertz CT molecular complexity index is 2030. The lowest BCUT2D eigenvalue weighted by atomic mass is 10.0. The topological polar surface area (TPSA) is 125 Å². The largest absolute Gasteiger partial charge is 0.492 e. The van der Waals surface area contributed by atoms with Crippen LogP contribution in [0.1, 0.15) is 33.1 Å². The van der Waals surface area contributed by atoms with Crippen molar-refractivity contribution in [2.45, 2.75) is 33.1 Å². The van der Waals surface area contributed by atoms with E-state index < -0.39 is 0 Å². The molecule has 0 atom stereocenters. The Morgan fingerprint density at radius 1 is 1.07 bits per heavy atom. The zero-order valence-corrected chi connectivity index (χ0v) is 25.8. The van der Waals surface area contributed by atoms with E-state index in [1.54, 1.807) is 18.6 Å². The van der Waals surface area contributed by atoms with Crippen molar-refractivity contribution < 1.29 is 13.9 Å². The Balaban J connectivity index is 1.18. The summed E-state index contributed by atoms with van der Waals surface area (Å²) in [6.45, 7) is 7.53. The van der Waals surface area contributed by atoms with Crippen molar-refractivity contribution in [3.63, 3.8) is 0 Å². The highest BCUT2D eigenvalue weighted by molar-refractivity contribution is 5.99. The molecule has 6 heterocycles. The number of H-pyrrole nitrogens is 2. The van der Waals surface area contributed by atoms with Crippen LogP contribution >= 0.6 is 0 Å². The SMILES string of the molecule is CC(C)CC(=O)Nc1cncc(-c2ccc3[nH]nc(-c4cc5c(-c6cc(F)cc(OCCN7CCCC7)c6)ccnc5[nH]4)c3n2)c1. The van der Waals surface area contributed by atoms with E-state index in [2.05, 4.69) is 35.4 Å². The van der Waals surface area contributed by atoms with Gasteiger partial charge in [0.1, 0.15) is 35.0 Å². The number of aromatic nitrogens is 6. The summed E-state index contributed by atoms with van der Waals surface area (Å²) in [5.74, 6) is 0.344. The van der Waals surface area contributed by atoms with E-state index in [9.17, 15) is 9.18 Å². The van der Waals surface area contributed by atoms with E-state index in [-0.39, 0.29) is 17.6 Å². The fraction of sp³-hybridized carbons (Fsp3) is 0.286. The molecule has 3 N–H and O–H groups in total. The summed E-state index contributed by atoms with van der Waals surface area (Å²) in [6.07, 6.45) is 7.92. The lowest BCUT2D eigenvalue weighted by Crippen LogP contribution is -2.25. The van der Waals surface area contributed by atoms with Crippen LogP contribution in [-0.2, 0) is 4.79 Å². The van der Waals surface area contributed by atoms with Gasteiger partial charge in [-0.3, -0.25) is 19.8 Å². The van der Waals surface area contributed by atoms with Gasteiger partial charge in [0.2, 0.25) is 5.91 Å². The number of nitrogens with zero attached hydrogens (tertiary/aromatic N) is 5. The molecule has 1 aliphatic heterocycles. The van der Waals surface area contributed by atoms with Gasteiger partial charge in [-0.1, -0.05) is 13.8 Å². The van der Waals surface area contributed by atoms with Crippen molar-refractivity contribution in [1.29, 1.82) is 0 Å². The van der Waals surface area contributed by atoms with Gasteiger partial charge in [-0.25, -0.2) is 14.4 Å². The number of fused-ring (bicyclic) bond motifs is 2. The monoisotopic (exact) mass is 618 g/mol. The van der Waals surface area contributed by atoms with Gasteiger partial charge in [-0.05, 0) is 85.4 Å². The number of carbonyl (C=O) groups is 1. The maximum atomic E-state index is 14.8. The molecule has 234 valence electrons. The maximum Gasteiger partial charge on any atom is 0.224 e. The molecule has 1 aromatic carbocycles. The van der Waals surface area contributed by atoms with Crippen LogP contribution in [0.3, 0.4) is 0 Å². The van der Waals surface area contributed by atoms with Gasteiger partial charge in [0.05, 0.1) is 28.8 Å². The summed E-state index contributed by atoms with van der Waals surface area (Å²) >= 11 is 0. The van der Waals surface area contributed by atoms with E-state index in [1.807, 2.05) is 50.2 Å². The van der Waals surface area contributed by atoms with E-state index in [4.69, 9.17) is 9.72 Å². The van der Waals surface area contributed by atoms with Gasteiger partial charge in [0, 0.05) is 42.4 Å². The second kappa shape index (κ2) is 12.7. The van der Waals surface area contributed by atoms with Gasteiger partial charge >= 0.3 is 0 Å². The smallest absolute Gasteiger partial charge is 0.224 e. The number of hydrogen-bond donors (Lipinski definition) is 3. The van der Waals surface area contributed by atoms with Crippen molar-refractivity contribution >= 4 is 33.7 Å². The van der Waals surface area contributed by atoms with E-state index in [0.717, 1.165) is 47.4 Å². The third-order valence-corrected chi connectivity index (χ3v) is 8.16. The molecule has 0 spiro atoms. The number of ether oxygens (including phenoxy) is 1. The minimum atomic E-state index is -0.359. The minimum absolute atomic E-state index is 0.0548. The van der Waals surface area contributed by atoms with Gasteiger partial charge in [-0.15, -0.1) is 0 Å². The summed E-state index contributed by atoms with van der Waals surface area (Å²) in [5.41, 5.74) is 7.02. The molecule has 0 aliphatic carbocycles. The van der Waals surface area contributed by atoms with Crippen molar-refractivity contribution in [3.05, 3.63) is 72.9 Å². The highest BCUT2D eigenvalue weighted by atomic mass is 19.1. The quantitative estimate of drug-likeness (QED) is 0.154. The molecule has 1 aliphatic rings. The van der Waals surface area contributed by atoms with Crippen LogP contribution in [0.15, 0.2) is 67.1 Å². The first-order valence-electron chi connectivity index (χ1n) is 15.6. The molecule has 46 heavy (non-hydrogen) atoms. The summed E-state index contributed by atoms with van der Waals surface area (Å²) in [4.78, 5) is 31.9. The molecule has 1 fully saturated rings. The number of aromatic amines is 2. The number of pyridine rings is 3. The Morgan fingerprint density at radius 3 is 2.78 bits per heavy atom. The number of hydrogen-bond acceptors (Lipinski definition) is 7. The number of halogens is 1. The van der Waals surface area contributed by atoms with Crippen molar-refractivity contribution in [2.24, 2.45) is 5.92 Å². The molecule has 0 unspecified atom stereocenters. The summed E-state index contributed by atoms with van der Waals surface area (Å²) in [5, 5.41) is 11.4. The average Bonchev–Trinajstić information content (AvgIpc) is 3.80. The first-order chi connectivity index (χ1) is 22.4. The summed E-state index contributed by atoms with van der Waals surface area (Å²) < 4.78 is 20.8. The van der Waals surface area contributed by atoms with Crippen LogP contribution in [0.25, 0.3) is 55.8 Å². The molecule has 0 saturated carbocycles. The predicted molar refractivity (Wildman–Crippen MR) is 177 cm³/mol. The van der Waals surface area contributed by atoms with E-state index in [1.165, 1.54) is 25.0 Å². The standard InChI is InChI=1S/C35H35FN8O2/c1-21(2)13-32(45)39-25-15-23(19-37-20-25)29-5-6-30-33(40-29)34(43-42-30)31-18-28-27(7-8-38-35(28)41-31)22-14-24(36)17-26(16-22)46-12-11-44-9-3-4-10-44/h5-8,14-21H,3-4,9-13H2,1-2H3,(H,38,41)(H,39,45)(H,42,43). The van der Waals surface area contributed by atoms with Crippen LogP contribution in [0.2, 0.25) is 0 Å². The second-order valence-corrected chi connectivity index (χ2v) is 12.1. The van der Waals surface area contributed by atoms with Gasteiger partial charge in [-0.2, -0.15) is 5.10 Å². The van der Waals surface area contributed by atoms with Crippen LogP contribution in [-0.4, -0.2) is 67.2 Å². The number of benzene rings is 1. The van der Waals surface area contributed by atoms with Gasteiger partial charge in [0.25, 0.3) is 0 Å². The molecule has 1 amide bonds. The third-order valence-electron chi connectivity index (χ3n) is 8.16. The Hall–Kier alpha value is -5.16. The highest BCUT2D eigenvalue weighted by Gasteiger charge is 2.18. The van der Waals surface area contributed by atoms with E-state index >= 15 is 0 Å². The van der Waals surface area contributed by atoms with Crippen LogP contribution < -0.4 is 10.1 Å². The number of amides is 1. The Morgan fingerprint density at radius 2 is 1.93 bits per heavy atom. The maximum absolute atomic E-state index is 14.8. The number of carbonyl (C=O) groups excluding carboxylic acids is 1. The molecule has 0 radical (unpaired) electrons. The average molecular weight is 619 g/mol. The molecular formula is C35H35FN8O2. The minimum Gasteiger partial charge on any atom is -0.492 e. The number of likely N-dealkylation sites (tertiary alicyclic amines) is 1. The predicted octanol–water partition coefficient (Wildman–Crippen LogP) is 6.83. The van der Waals surface area contributed by atoms with Crippen molar-refractivity contribution in [1.82, 2.24) is 35.0 Å². The molecule has 0 bridgehead atoms. The number of rotatable bonds is 10. The summed E-state index contributed by atoms with van der Waals surface area (Å²) in [6, 6.07) is 14.3. The fourth-order valence-electron chi connectivity index (χ4n) is 5.99. The van der Waals surface area contributed by atoms with Gasteiger partial charge in [0.15, 0.2) is 0 Å². The third kappa shape index (κ3) is 6.32. The lowest BCUT2D eigenvalue weighted by Gasteiger charge is -2.15. The van der Waals surface area contributed by atoms with Crippen molar-refractivity contribution in [3.8, 4) is 39.5 Å². The normalized spacial score (nSPS) is 13.7. The van der Waals surface area contributed by atoms with Crippen LogP contribution in [0, 0.1) is 11.7 Å². The first kappa shape index (κ1) is 29.5. The van der Waals surface area contributed by atoms with E-state index in [0.29, 0.717) is 52.6 Å². The zero-order valence-electron chi connectivity index (χ0n) is 25.8. The number of nitrogens with one attached hydrogen (secondary N) is 3. The number of anilines is 1.